The number of morpholine rings is 1. The van der Waals surface area contributed by atoms with Crippen LogP contribution in [-0.2, 0) is 4.74 Å². The molecule has 0 aromatic rings. The highest BCUT2D eigenvalue weighted by molar-refractivity contribution is 8.76. The van der Waals surface area contributed by atoms with Crippen LogP contribution in [0.15, 0.2) is 0 Å². The molecule has 0 atom stereocenters. The van der Waals surface area contributed by atoms with Gasteiger partial charge < -0.3 is 10.1 Å². The Morgan fingerprint density at radius 3 is 1.70 bits per heavy atom. The summed E-state index contributed by atoms with van der Waals surface area (Å²) in [5.74, 6) is 0. The van der Waals surface area contributed by atoms with Crippen molar-refractivity contribution in [2.24, 2.45) is 0 Å². The van der Waals surface area contributed by atoms with E-state index in [2.05, 4.69) is 17.8 Å². The topological polar surface area (TPSA) is 21.3 Å². The van der Waals surface area contributed by atoms with Crippen LogP contribution in [-0.4, -0.2) is 38.8 Å². The summed E-state index contributed by atoms with van der Waals surface area (Å²) in [4.78, 5) is 0. The minimum atomic E-state index is 0.889. The summed E-state index contributed by atoms with van der Waals surface area (Å²) in [6.07, 6.45) is 4.12. The van der Waals surface area contributed by atoms with Gasteiger partial charge in [0.15, 0.2) is 0 Å². The van der Waals surface area contributed by atoms with Gasteiger partial charge in [0.2, 0.25) is 0 Å². The van der Waals surface area contributed by atoms with E-state index in [9.17, 15) is 0 Å². The van der Waals surface area contributed by atoms with E-state index < -0.39 is 0 Å². The fraction of sp³-hybridized carbons (Fsp3) is 1.00. The normalized spacial score (nSPS) is 17.4. The second kappa shape index (κ2) is 9.62. The highest BCUT2D eigenvalue weighted by Crippen LogP contribution is 2.09. The quantitative estimate of drug-likeness (QED) is 0.614. The third-order valence-electron chi connectivity index (χ3n) is 1.01. The third-order valence-corrected chi connectivity index (χ3v) is 2.35. The molecule has 1 rings (SSSR count). The average molecular weight is 181 g/mol. The summed E-state index contributed by atoms with van der Waals surface area (Å²) in [6, 6.07) is 0. The Kier molecular flexibility index (Phi) is 10.2. The summed E-state index contributed by atoms with van der Waals surface area (Å²) in [5, 5.41) is 3.16. The SMILES string of the molecule is C1COCCN1.CSSC. The summed E-state index contributed by atoms with van der Waals surface area (Å²) >= 11 is 0. The molecule has 0 aliphatic carbocycles. The van der Waals surface area contributed by atoms with Crippen molar-refractivity contribution in [3.8, 4) is 0 Å². The van der Waals surface area contributed by atoms with Crippen LogP contribution < -0.4 is 5.32 Å². The van der Waals surface area contributed by atoms with Crippen LogP contribution >= 0.6 is 21.6 Å². The van der Waals surface area contributed by atoms with Gasteiger partial charge in [-0.2, -0.15) is 0 Å². The molecule has 0 spiro atoms. The van der Waals surface area contributed by atoms with E-state index in [1.165, 1.54) is 0 Å². The molecule has 0 unspecified atom stereocenters. The second-order valence-corrected chi connectivity index (χ2v) is 4.36. The van der Waals surface area contributed by atoms with E-state index in [0.29, 0.717) is 0 Å². The zero-order valence-electron chi connectivity index (χ0n) is 6.55. The number of hydrogen-bond donors (Lipinski definition) is 1. The Bertz CT molecular complexity index is 46.2. The number of ether oxygens (including phenoxy) is 1. The van der Waals surface area contributed by atoms with Gasteiger partial charge in [0.25, 0.3) is 0 Å². The van der Waals surface area contributed by atoms with Crippen LogP contribution in [0.25, 0.3) is 0 Å². The van der Waals surface area contributed by atoms with E-state index in [1.54, 1.807) is 21.6 Å². The molecular formula is C6H15NOS2. The van der Waals surface area contributed by atoms with Gasteiger partial charge in [-0.05, 0) is 12.5 Å². The predicted molar refractivity (Wildman–Crippen MR) is 50.7 cm³/mol. The second-order valence-electron chi connectivity index (χ2n) is 1.70. The van der Waals surface area contributed by atoms with Gasteiger partial charge in [-0.25, -0.2) is 0 Å². The van der Waals surface area contributed by atoms with Crippen molar-refractivity contribution >= 4 is 21.6 Å². The number of nitrogens with one attached hydrogen (secondary N) is 1. The third kappa shape index (κ3) is 8.62. The standard InChI is InChI=1S/C4H9NO.C2H6S2/c1-3-6-4-2-5-1;1-3-4-2/h5H,1-4H2;1-2H3. The van der Waals surface area contributed by atoms with Gasteiger partial charge in [-0.3, -0.25) is 0 Å². The van der Waals surface area contributed by atoms with Gasteiger partial charge in [-0.15, -0.1) is 0 Å². The molecule has 1 aliphatic rings. The molecule has 2 nitrogen and oxygen atoms in total. The Morgan fingerprint density at radius 1 is 1.10 bits per heavy atom. The molecule has 1 N–H and O–H groups in total. The molecule has 0 radical (unpaired) electrons. The molecule has 1 saturated heterocycles. The largest absolute Gasteiger partial charge is 0.379 e. The molecule has 0 aromatic carbocycles. The lowest BCUT2D eigenvalue weighted by Crippen LogP contribution is -2.30. The van der Waals surface area contributed by atoms with E-state index >= 15 is 0 Å². The molecule has 62 valence electrons. The maximum Gasteiger partial charge on any atom is 0.0591 e. The van der Waals surface area contributed by atoms with E-state index in [-0.39, 0.29) is 0 Å². The molecular weight excluding hydrogens is 166 g/mol. The smallest absolute Gasteiger partial charge is 0.0591 e. The molecule has 1 aliphatic heterocycles. The lowest BCUT2D eigenvalue weighted by molar-refractivity contribution is 0.109. The van der Waals surface area contributed by atoms with Gasteiger partial charge in [0.05, 0.1) is 13.2 Å². The molecule has 1 fully saturated rings. The van der Waals surface area contributed by atoms with Gasteiger partial charge >= 0.3 is 0 Å². The Morgan fingerprint density at radius 2 is 1.60 bits per heavy atom. The molecule has 0 aromatic heterocycles. The number of hydrogen-bond acceptors (Lipinski definition) is 4. The highest BCUT2D eigenvalue weighted by Gasteiger charge is 1.92. The fourth-order valence-corrected chi connectivity index (χ4v) is 0.516. The van der Waals surface area contributed by atoms with Crippen LogP contribution in [0.2, 0.25) is 0 Å². The van der Waals surface area contributed by atoms with Crippen molar-refractivity contribution in [1.82, 2.24) is 5.32 Å². The summed E-state index contributed by atoms with van der Waals surface area (Å²) in [7, 11) is 3.55. The van der Waals surface area contributed by atoms with Crippen molar-refractivity contribution < 1.29 is 4.74 Å². The van der Waals surface area contributed by atoms with Crippen molar-refractivity contribution in [1.29, 1.82) is 0 Å². The average Bonchev–Trinajstić information content (AvgIpc) is 2.08. The fourth-order valence-electron chi connectivity index (χ4n) is 0.516. The van der Waals surface area contributed by atoms with Gasteiger partial charge in [0, 0.05) is 13.1 Å². The molecule has 4 heteroatoms. The summed E-state index contributed by atoms with van der Waals surface area (Å²) < 4.78 is 5.01. The van der Waals surface area contributed by atoms with E-state index in [0.717, 1.165) is 26.3 Å². The zero-order valence-corrected chi connectivity index (χ0v) is 8.19. The minimum Gasteiger partial charge on any atom is -0.379 e. The molecule has 1 heterocycles. The van der Waals surface area contributed by atoms with Crippen LogP contribution in [0.1, 0.15) is 0 Å². The lowest BCUT2D eigenvalue weighted by Gasteiger charge is -2.10. The van der Waals surface area contributed by atoms with Gasteiger partial charge in [-0.1, -0.05) is 21.6 Å². The van der Waals surface area contributed by atoms with E-state index in [4.69, 9.17) is 4.74 Å². The predicted octanol–water partition coefficient (Wildman–Crippen LogP) is 1.23. The van der Waals surface area contributed by atoms with Crippen molar-refractivity contribution in [3.63, 3.8) is 0 Å². The van der Waals surface area contributed by atoms with Crippen LogP contribution in [0.3, 0.4) is 0 Å². The van der Waals surface area contributed by atoms with Crippen molar-refractivity contribution in [2.75, 3.05) is 38.8 Å². The van der Waals surface area contributed by atoms with Crippen LogP contribution in [0, 0.1) is 0 Å². The van der Waals surface area contributed by atoms with Crippen LogP contribution in [0.4, 0.5) is 0 Å². The monoisotopic (exact) mass is 181 g/mol. The summed E-state index contributed by atoms with van der Waals surface area (Å²) in [5.41, 5.74) is 0. The minimum absolute atomic E-state index is 0.889. The van der Waals surface area contributed by atoms with Crippen LogP contribution in [0.5, 0.6) is 0 Å². The van der Waals surface area contributed by atoms with Crippen molar-refractivity contribution in [3.05, 3.63) is 0 Å². The first-order valence-electron chi connectivity index (χ1n) is 3.27. The molecule has 0 saturated carbocycles. The summed E-state index contributed by atoms with van der Waals surface area (Å²) in [6.45, 7) is 3.83. The van der Waals surface area contributed by atoms with E-state index in [1.807, 2.05) is 0 Å². The first-order chi connectivity index (χ1) is 4.91. The first-order valence-corrected chi connectivity index (χ1v) is 6.23. The Hall–Kier alpha value is 0.620. The number of rotatable bonds is 1. The zero-order chi connectivity index (χ0) is 7.66. The maximum absolute atomic E-state index is 5.01. The van der Waals surface area contributed by atoms with Crippen molar-refractivity contribution in [2.45, 2.75) is 0 Å². The highest BCUT2D eigenvalue weighted by atomic mass is 33.1. The molecule has 0 amide bonds. The van der Waals surface area contributed by atoms with Gasteiger partial charge in [0.1, 0.15) is 0 Å². The maximum atomic E-state index is 5.01. The molecule has 10 heavy (non-hydrogen) atoms. The Balaban J connectivity index is 0.000000180. The lowest BCUT2D eigenvalue weighted by atomic mass is 10.5. The Labute approximate surface area is 70.9 Å². The first kappa shape index (κ1) is 10.6. The molecule has 0 bridgehead atoms.